The maximum atomic E-state index is 12.3. The minimum atomic E-state index is -0.436. The molecule has 27 heavy (non-hydrogen) atoms. The van der Waals surface area contributed by atoms with Crippen molar-refractivity contribution in [2.45, 2.75) is 13.5 Å². The third-order valence-electron chi connectivity index (χ3n) is 4.14. The van der Waals surface area contributed by atoms with Crippen LogP contribution in [0.1, 0.15) is 23.0 Å². The van der Waals surface area contributed by atoms with Gasteiger partial charge in [0.25, 0.3) is 0 Å². The van der Waals surface area contributed by atoms with E-state index in [-0.39, 0.29) is 6.61 Å². The summed E-state index contributed by atoms with van der Waals surface area (Å²) in [6, 6.07) is 17.3. The zero-order valence-electron chi connectivity index (χ0n) is 15.3. The molecular formula is C22H20N2O3. The van der Waals surface area contributed by atoms with Gasteiger partial charge in [0.05, 0.1) is 13.2 Å². The van der Waals surface area contributed by atoms with E-state index in [1.165, 1.54) is 0 Å². The Morgan fingerprint density at radius 2 is 1.81 bits per heavy atom. The van der Waals surface area contributed by atoms with E-state index >= 15 is 0 Å². The van der Waals surface area contributed by atoms with Crippen LogP contribution < -0.4 is 4.74 Å². The average Bonchev–Trinajstić information content (AvgIpc) is 3.04. The van der Waals surface area contributed by atoms with Crippen molar-refractivity contribution in [2.75, 3.05) is 6.61 Å². The van der Waals surface area contributed by atoms with E-state index in [0.29, 0.717) is 23.6 Å². The van der Waals surface area contributed by atoms with E-state index < -0.39 is 5.97 Å². The molecule has 5 heteroatoms. The summed E-state index contributed by atoms with van der Waals surface area (Å²) in [6.45, 7) is 9.94. The number of aromatic nitrogens is 1. The molecular weight excluding hydrogens is 340 g/mol. The van der Waals surface area contributed by atoms with Gasteiger partial charge < -0.3 is 14.0 Å². The first-order valence-electron chi connectivity index (χ1n) is 8.65. The Morgan fingerprint density at radius 3 is 2.44 bits per heavy atom. The van der Waals surface area contributed by atoms with E-state index in [4.69, 9.17) is 16.0 Å². The fourth-order valence-corrected chi connectivity index (χ4v) is 2.88. The molecule has 2 aromatic carbocycles. The van der Waals surface area contributed by atoms with E-state index in [1.54, 1.807) is 24.7 Å². The lowest BCUT2D eigenvalue weighted by Gasteiger charge is -2.10. The fourth-order valence-electron chi connectivity index (χ4n) is 2.88. The monoisotopic (exact) mass is 360 g/mol. The SMILES string of the molecule is [C-]#[N+]c1cn(C)c(C(=O)OCC)c1-c1ccc(OCc2ccccc2)cc1. The van der Waals surface area contributed by atoms with Gasteiger partial charge in [-0.05, 0) is 30.2 Å². The maximum absolute atomic E-state index is 12.3. The summed E-state index contributed by atoms with van der Waals surface area (Å²) in [5.41, 5.74) is 3.24. The lowest BCUT2D eigenvalue weighted by atomic mass is 10.0. The summed E-state index contributed by atoms with van der Waals surface area (Å²) in [4.78, 5) is 15.9. The first-order valence-corrected chi connectivity index (χ1v) is 8.65. The van der Waals surface area contributed by atoms with Crippen molar-refractivity contribution in [1.29, 1.82) is 0 Å². The molecule has 0 aliphatic carbocycles. The van der Waals surface area contributed by atoms with Crippen LogP contribution in [0.4, 0.5) is 5.69 Å². The van der Waals surface area contributed by atoms with Crippen LogP contribution in [-0.2, 0) is 18.4 Å². The number of nitrogens with zero attached hydrogens (tertiary/aromatic N) is 2. The molecule has 1 heterocycles. The maximum Gasteiger partial charge on any atom is 0.354 e. The molecule has 0 unspecified atom stereocenters. The third kappa shape index (κ3) is 4.01. The summed E-state index contributed by atoms with van der Waals surface area (Å²) >= 11 is 0. The molecule has 3 rings (SSSR count). The van der Waals surface area contributed by atoms with Crippen LogP contribution in [0, 0.1) is 6.57 Å². The Hall–Kier alpha value is -3.52. The highest BCUT2D eigenvalue weighted by Crippen LogP contribution is 2.36. The van der Waals surface area contributed by atoms with E-state index in [1.807, 2.05) is 54.6 Å². The molecule has 0 aliphatic rings. The minimum Gasteiger partial charge on any atom is -0.489 e. The van der Waals surface area contributed by atoms with Crippen LogP contribution in [0.5, 0.6) is 5.75 Å². The smallest absolute Gasteiger partial charge is 0.354 e. The van der Waals surface area contributed by atoms with Gasteiger partial charge in [-0.15, -0.1) is 0 Å². The molecule has 0 amide bonds. The molecule has 3 aromatic rings. The van der Waals surface area contributed by atoms with E-state index in [9.17, 15) is 4.79 Å². The van der Waals surface area contributed by atoms with Crippen molar-refractivity contribution in [2.24, 2.45) is 7.05 Å². The number of aryl methyl sites for hydroxylation is 1. The Balaban J connectivity index is 1.86. The standard InChI is InChI=1S/C22H20N2O3/c1-4-26-22(25)21-20(19(23-2)14-24(21)3)17-10-12-18(13-11-17)27-15-16-8-6-5-7-9-16/h5-14H,4,15H2,1,3H3. The number of hydrogen-bond donors (Lipinski definition) is 0. The van der Waals surface area contributed by atoms with Gasteiger partial charge in [-0.25, -0.2) is 9.64 Å². The van der Waals surface area contributed by atoms with Crippen LogP contribution in [0.2, 0.25) is 0 Å². The summed E-state index contributed by atoms with van der Waals surface area (Å²) in [6.07, 6.45) is 1.65. The zero-order valence-corrected chi connectivity index (χ0v) is 15.3. The molecule has 0 spiro atoms. The first kappa shape index (κ1) is 18.3. The second kappa shape index (κ2) is 8.24. The van der Waals surface area contributed by atoms with Crippen molar-refractivity contribution in [3.63, 3.8) is 0 Å². The van der Waals surface area contributed by atoms with Gasteiger partial charge in [-0.1, -0.05) is 42.5 Å². The molecule has 0 atom stereocenters. The highest BCUT2D eigenvalue weighted by Gasteiger charge is 2.22. The Labute approximate surface area is 158 Å². The lowest BCUT2D eigenvalue weighted by molar-refractivity contribution is 0.0516. The molecule has 0 aliphatic heterocycles. The molecule has 0 fully saturated rings. The number of hydrogen-bond acceptors (Lipinski definition) is 3. The summed E-state index contributed by atoms with van der Waals surface area (Å²) in [5.74, 6) is 0.287. The van der Waals surface area contributed by atoms with Crippen molar-refractivity contribution in [3.8, 4) is 16.9 Å². The van der Waals surface area contributed by atoms with Crippen LogP contribution in [0.25, 0.3) is 16.0 Å². The molecule has 0 radical (unpaired) electrons. The van der Waals surface area contributed by atoms with Gasteiger partial charge in [-0.2, -0.15) is 0 Å². The average molecular weight is 360 g/mol. The predicted octanol–water partition coefficient (Wildman–Crippen LogP) is 5.00. The lowest BCUT2D eigenvalue weighted by Crippen LogP contribution is -2.10. The van der Waals surface area contributed by atoms with Crippen molar-refractivity contribution < 1.29 is 14.3 Å². The number of esters is 1. The van der Waals surface area contributed by atoms with Crippen molar-refractivity contribution in [1.82, 2.24) is 4.57 Å². The highest BCUT2D eigenvalue weighted by atomic mass is 16.5. The zero-order chi connectivity index (χ0) is 19.2. The van der Waals surface area contributed by atoms with Crippen LogP contribution in [-0.4, -0.2) is 17.1 Å². The van der Waals surface area contributed by atoms with E-state index in [2.05, 4.69) is 4.85 Å². The number of rotatable bonds is 6. The van der Waals surface area contributed by atoms with Gasteiger partial charge in [-0.3, -0.25) is 0 Å². The third-order valence-corrected chi connectivity index (χ3v) is 4.14. The Bertz CT molecular complexity index is 967. The minimum absolute atomic E-state index is 0.281. The van der Waals surface area contributed by atoms with Gasteiger partial charge >= 0.3 is 5.97 Å². The largest absolute Gasteiger partial charge is 0.489 e. The second-order valence-corrected chi connectivity index (χ2v) is 5.98. The molecule has 0 N–H and O–H groups in total. The summed E-state index contributed by atoms with van der Waals surface area (Å²) in [7, 11) is 1.74. The Morgan fingerprint density at radius 1 is 1.11 bits per heavy atom. The topological polar surface area (TPSA) is 44.8 Å². The van der Waals surface area contributed by atoms with Gasteiger partial charge in [0.1, 0.15) is 18.1 Å². The van der Waals surface area contributed by atoms with Gasteiger partial charge in [0.2, 0.25) is 5.69 Å². The van der Waals surface area contributed by atoms with Crippen LogP contribution >= 0.6 is 0 Å². The number of carbonyl (C=O) groups excluding carboxylic acids is 1. The van der Waals surface area contributed by atoms with Crippen molar-refractivity contribution >= 4 is 11.7 Å². The molecule has 0 saturated heterocycles. The molecule has 5 nitrogen and oxygen atoms in total. The molecule has 0 bridgehead atoms. The van der Waals surface area contributed by atoms with Gasteiger partial charge in [0, 0.05) is 18.8 Å². The normalized spacial score (nSPS) is 10.3. The number of ether oxygens (including phenoxy) is 2. The highest BCUT2D eigenvalue weighted by molar-refractivity contribution is 6.00. The first-order chi connectivity index (χ1) is 13.1. The summed E-state index contributed by atoms with van der Waals surface area (Å²) in [5, 5.41) is 0. The van der Waals surface area contributed by atoms with Crippen LogP contribution in [0.3, 0.4) is 0 Å². The molecule has 1 aromatic heterocycles. The van der Waals surface area contributed by atoms with Crippen molar-refractivity contribution in [3.05, 3.63) is 83.5 Å². The molecule has 136 valence electrons. The van der Waals surface area contributed by atoms with Gasteiger partial charge in [0.15, 0.2) is 0 Å². The predicted molar refractivity (Wildman–Crippen MR) is 104 cm³/mol. The fraction of sp³-hybridized carbons (Fsp3) is 0.182. The number of benzene rings is 2. The summed E-state index contributed by atoms with van der Waals surface area (Å²) < 4.78 is 12.6. The second-order valence-electron chi connectivity index (χ2n) is 5.98. The molecule has 0 saturated carbocycles. The van der Waals surface area contributed by atoms with Crippen LogP contribution in [0.15, 0.2) is 60.8 Å². The Kier molecular flexibility index (Phi) is 5.58. The van der Waals surface area contributed by atoms with E-state index in [0.717, 1.165) is 16.9 Å². The quantitative estimate of drug-likeness (QED) is 0.459. The number of carbonyl (C=O) groups is 1.